The number of hydrogen-bond donors (Lipinski definition) is 1. The van der Waals surface area contributed by atoms with Crippen molar-refractivity contribution in [3.05, 3.63) is 59.7 Å². The monoisotopic (exact) mass is 393 g/mol. The van der Waals surface area contributed by atoms with E-state index in [1.807, 2.05) is 43.3 Å². The van der Waals surface area contributed by atoms with Crippen LogP contribution in [0.25, 0.3) is 0 Å². The van der Waals surface area contributed by atoms with Crippen molar-refractivity contribution in [1.82, 2.24) is 5.32 Å². The van der Waals surface area contributed by atoms with Gasteiger partial charge in [0.05, 0.1) is 5.56 Å². The van der Waals surface area contributed by atoms with Crippen molar-refractivity contribution < 1.29 is 22.8 Å². The Bertz CT molecular complexity index is 816. The number of benzene rings is 2. The van der Waals surface area contributed by atoms with Gasteiger partial charge in [-0.25, -0.2) is 0 Å². The van der Waals surface area contributed by atoms with Gasteiger partial charge in [-0.05, 0) is 48.5 Å². The van der Waals surface area contributed by atoms with Crippen LogP contribution in [0.5, 0.6) is 0 Å². The average molecular weight is 393 g/mol. The van der Waals surface area contributed by atoms with Crippen molar-refractivity contribution >= 4 is 23.2 Å². The van der Waals surface area contributed by atoms with E-state index in [0.29, 0.717) is 5.69 Å². The van der Waals surface area contributed by atoms with Gasteiger partial charge >= 0.3 is 6.18 Å². The van der Waals surface area contributed by atoms with Crippen LogP contribution in [-0.4, -0.2) is 39.0 Å². The van der Waals surface area contributed by atoms with Gasteiger partial charge in [0, 0.05) is 51.0 Å². The van der Waals surface area contributed by atoms with Crippen molar-refractivity contribution in [3.63, 3.8) is 0 Å². The Labute approximate surface area is 161 Å². The lowest BCUT2D eigenvalue weighted by Crippen LogP contribution is -2.37. The lowest BCUT2D eigenvalue weighted by molar-refractivity contribution is -0.137. The van der Waals surface area contributed by atoms with Crippen LogP contribution in [0.15, 0.2) is 48.5 Å². The SMILES string of the molecule is CC(=O)N(CCNC(=O)c1ccc(C(F)(F)F)cc1)c1ccc(N(C)C)cc1. The second kappa shape index (κ2) is 8.77. The van der Waals surface area contributed by atoms with Gasteiger partial charge < -0.3 is 15.1 Å². The third-order valence-corrected chi connectivity index (χ3v) is 4.15. The molecule has 0 saturated carbocycles. The summed E-state index contributed by atoms with van der Waals surface area (Å²) in [4.78, 5) is 27.5. The second-order valence-corrected chi connectivity index (χ2v) is 6.41. The molecule has 0 fully saturated rings. The fourth-order valence-electron chi connectivity index (χ4n) is 2.59. The smallest absolute Gasteiger partial charge is 0.378 e. The number of hydrogen-bond acceptors (Lipinski definition) is 3. The lowest BCUT2D eigenvalue weighted by Gasteiger charge is -2.22. The molecule has 0 aliphatic carbocycles. The Kier molecular flexibility index (Phi) is 6.66. The molecule has 0 aromatic heterocycles. The predicted molar refractivity (Wildman–Crippen MR) is 103 cm³/mol. The number of carbonyl (C=O) groups is 2. The minimum atomic E-state index is -4.45. The van der Waals surface area contributed by atoms with Crippen LogP contribution < -0.4 is 15.1 Å². The highest BCUT2D eigenvalue weighted by Gasteiger charge is 2.30. The van der Waals surface area contributed by atoms with Crippen LogP contribution in [0, 0.1) is 0 Å². The van der Waals surface area contributed by atoms with E-state index in [1.165, 1.54) is 11.8 Å². The minimum absolute atomic E-state index is 0.123. The molecule has 0 bridgehead atoms. The van der Waals surface area contributed by atoms with Crippen molar-refractivity contribution in [2.75, 3.05) is 37.0 Å². The van der Waals surface area contributed by atoms with E-state index in [-0.39, 0.29) is 24.6 Å². The highest BCUT2D eigenvalue weighted by Crippen LogP contribution is 2.29. The number of nitrogens with zero attached hydrogens (tertiary/aromatic N) is 2. The summed E-state index contributed by atoms with van der Waals surface area (Å²) in [6.45, 7) is 1.83. The Hall–Kier alpha value is -3.03. The number of alkyl halides is 3. The first-order valence-corrected chi connectivity index (χ1v) is 8.60. The van der Waals surface area contributed by atoms with Crippen LogP contribution in [-0.2, 0) is 11.0 Å². The fraction of sp³-hybridized carbons (Fsp3) is 0.300. The van der Waals surface area contributed by atoms with Crippen LogP contribution in [0.1, 0.15) is 22.8 Å². The highest BCUT2D eigenvalue weighted by molar-refractivity contribution is 5.94. The normalized spacial score (nSPS) is 11.1. The third kappa shape index (κ3) is 5.48. The molecule has 5 nitrogen and oxygen atoms in total. The Morgan fingerprint density at radius 3 is 1.93 bits per heavy atom. The van der Waals surface area contributed by atoms with Gasteiger partial charge in [0.2, 0.25) is 5.91 Å². The molecule has 0 radical (unpaired) electrons. The van der Waals surface area contributed by atoms with Crippen LogP contribution in [0.4, 0.5) is 24.5 Å². The van der Waals surface area contributed by atoms with E-state index in [4.69, 9.17) is 0 Å². The first-order chi connectivity index (χ1) is 13.1. The molecule has 28 heavy (non-hydrogen) atoms. The molecule has 2 aromatic carbocycles. The molecular weight excluding hydrogens is 371 g/mol. The van der Waals surface area contributed by atoms with E-state index in [0.717, 1.165) is 30.0 Å². The summed E-state index contributed by atoms with van der Waals surface area (Å²) in [7, 11) is 3.82. The summed E-state index contributed by atoms with van der Waals surface area (Å²) in [6.07, 6.45) is -4.45. The number of carbonyl (C=O) groups excluding carboxylic acids is 2. The summed E-state index contributed by atoms with van der Waals surface area (Å²) in [5.74, 6) is -0.679. The second-order valence-electron chi connectivity index (χ2n) is 6.41. The van der Waals surface area contributed by atoms with E-state index in [2.05, 4.69) is 5.32 Å². The molecule has 0 aliphatic rings. The number of anilines is 2. The van der Waals surface area contributed by atoms with E-state index in [1.54, 1.807) is 0 Å². The lowest BCUT2D eigenvalue weighted by atomic mass is 10.1. The van der Waals surface area contributed by atoms with Gasteiger partial charge in [-0.3, -0.25) is 9.59 Å². The van der Waals surface area contributed by atoms with Gasteiger partial charge in [0.25, 0.3) is 5.91 Å². The summed E-state index contributed by atoms with van der Waals surface area (Å²) in [5.41, 5.74) is 0.996. The molecule has 0 spiro atoms. The van der Waals surface area contributed by atoms with Crippen LogP contribution >= 0.6 is 0 Å². The van der Waals surface area contributed by atoms with Crippen molar-refractivity contribution in [2.45, 2.75) is 13.1 Å². The molecule has 0 unspecified atom stereocenters. The number of amides is 2. The molecule has 8 heteroatoms. The standard InChI is InChI=1S/C20H22F3N3O2/c1-14(27)26(18-10-8-17(9-11-18)25(2)3)13-12-24-19(28)15-4-6-16(7-5-15)20(21,22)23/h4-11H,12-13H2,1-3H3,(H,24,28). The molecule has 0 saturated heterocycles. The zero-order chi connectivity index (χ0) is 20.9. The van der Waals surface area contributed by atoms with E-state index >= 15 is 0 Å². The quantitative estimate of drug-likeness (QED) is 0.817. The topological polar surface area (TPSA) is 52.7 Å². The van der Waals surface area contributed by atoms with Crippen molar-refractivity contribution in [1.29, 1.82) is 0 Å². The number of rotatable bonds is 6. The number of nitrogens with one attached hydrogen (secondary N) is 1. The summed E-state index contributed by atoms with van der Waals surface area (Å²) in [6, 6.07) is 11.4. The van der Waals surface area contributed by atoms with Crippen molar-refractivity contribution in [2.24, 2.45) is 0 Å². The van der Waals surface area contributed by atoms with Gasteiger partial charge in [-0.15, -0.1) is 0 Å². The zero-order valence-electron chi connectivity index (χ0n) is 15.9. The largest absolute Gasteiger partial charge is 0.416 e. The maximum absolute atomic E-state index is 12.6. The Morgan fingerprint density at radius 2 is 1.46 bits per heavy atom. The van der Waals surface area contributed by atoms with Crippen LogP contribution in [0.2, 0.25) is 0 Å². The zero-order valence-corrected chi connectivity index (χ0v) is 15.9. The molecule has 2 aromatic rings. The summed E-state index contributed by atoms with van der Waals surface area (Å²) >= 11 is 0. The molecular formula is C20H22F3N3O2. The Balaban J connectivity index is 1.97. The molecule has 150 valence electrons. The van der Waals surface area contributed by atoms with Gasteiger partial charge in [0.1, 0.15) is 0 Å². The van der Waals surface area contributed by atoms with Gasteiger partial charge in [0.15, 0.2) is 0 Å². The highest BCUT2D eigenvalue weighted by atomic mass is 19.4. The maximum Gasteiger partial charge on any atom is 0.416 e. The predicted octanol–water partition coefficient (Wildman–Crippen LogP) is 3.55. The first kappa shape index (κ1) is 21.3. The fourth-order valence-corrected chi connectivity index (χ4v) is 2.59. The molecule has 2 rings (SSSR count). The van der Waals surface area contributed by atoms with Gasteiger partial charge in [-0.1, -0.05) is 0 Å². The van der Waals surface area contributed by atoms with E-state index < -0.39 is 17.6 Å². The molecule has 2 amide bonds. The first-order valence-electron chi connectivity index (χ1n) is 8.60. The number of halogens is 3. The minimum Gasteiger partial charge on any atom is -0.378 e. The Morgan fingerprint density at radius 1 is 0.929 bits per heavy atom. The molecule has 0 aliphatic heterocycles. The third-order valence-electron chi connectivity index (χ3n) is 4.15. The average Bonchev–Trinajstić information content (AvgIpc) is 2.64. The molecule has 0 atom stereocenters. The molecule has 1 N–H and O–H groups in total. The van der Waals surface area contributed by atoms with Gasteiger partial charge in [-0.2, -0.15) is 13.2 Å². The molecule has 0 heterocycles. The van der Waals surface area contributed by atoms with E-state index in [9.17, 15) is 22.8 Å². The summed E-state index contributed by atoms with van der Waals surface area (Å²) in [5, 5.41) is 2.62. The maximum atomic E-state index is 12.6. The summed E-state index contributed by atoms with van der Waals surface area (Å²) < 4.78 is 37.7. The van der Waals surface area contributed by atoms with Crippen LogP contribution in [0.3, 0.4) is 0 Å². The van der Waals surface area contributed by atoms with Crippen molar-refractivity contribution in [3.8, 4) is 0 Å².